The maximum absolute atomic E-state index is 13.0. The summed E-state index contributed by atoms with van der Waals surface area (Å²) in [6, 6.07) is 15.6. The Morgan fingerprint density at radius 2 is 1.90 bits per heavy atom. The molecule has 0 fully saturated rings. The standard InChI is InChI=1S/C24H22N2O3/c1-15-13-16-7-2-5-12-21(16)26(15)22(27)14-29-24(28)23-17-8-3-4-10-19(17)25-20-11-6-9-18(20)23/h2-5,7-8,10,12,15H,6,9,11,13-14H2,1H3. The Bertz CT molecular complexity index is 1140. The van der Waals surface area contributed by atoms with Gasteiger partial charge in [-0.2, -0.15) is 0 Å². The summed E-state index contributed by atoms with van der Waals surface area (Å²) in [5, 5.41) is 0.797. The highest BCUT2D eigenvalue weighted by Crippen LogP contribution is 2.33. The van der Waals surface area contributed by atoms with Gasteiger partial charge in [-0.3, -0.25) is 9.78 Å². The zero-order chi connectivity index (χ0) is 20.0. The Balaban J connectivity index is 1.40. The number of hydrogen-bond acceptors (Lipinski definition) is 4. The van der Waals surface area contributed by atoms with Crippen LogP contribution in [0.3, 0.4) is 0 Å². The van der Waals surface area contributed by atoms with Crippen molar-refractivity contribution in [2.75, 3.05) is 11.5 Å². The number of aryl methyl sites for hydroxylation is 1. The molecule has 1 aliphatic heterocycles. The molecule has 1 atom stereocenters. The molecule has 5 rings (SSSR count). The van der Waals surface area contributed by atoms with Gasteiger partial charge in [0, 0.05) is 22.8 Å². The Kier molecular flexibility index (Phi) is 4.31. The fourth-order valence-electron chi connectivity index (χ4n) is 4.66. The first-order chi connectivity index (χ1) is 14.1. The van der Waals surface area contributed by atoms with Crippen LogP contribution in [0.15, 0.2) is 48.5 Å². The number of amides is 1. The molecule has 0 spiro atoms. The minimum absolute atomic E-state index is 0.0598. The second-order valence-corrected chi connectivity index (χ2v) is 7.80. The van der Waals surface area contributed by atoms with Crippen LogP contribution in [0.25, 0.3) is 10.9 Å². The fraction of sp³-hybridized carbons (Fsp3) is 0.292. The van der Waals surface area contributed by atoms with Gasteiger partial charge in [-0.05, 0) is 55.9 Å². The summed E-state index contributed by atoms with van der Waals surface area (Å²) in [4.78, 5) is 32.4. The number of rotatable bonds is 3. The molecule has 1 unspecified atom stereocenters. The van der Waals surface area contributed by atoms with Crippen LogP contribution in [0.5, 0.6) is 0 Å². The summed E-state index contributed by atoms with van der Waals surface area (Å²) >= 11 is 0. The lowest BCUT2D eigenvalue weighted by Crippen LogP contribution is -2.38. The van der Waals surface area contributed by atoms with Gasteiger partial charge < -0.3 is 9.64 Å². The van der Waals surface area contributed by atoms with Crippen molar-refractivity contribution in [3.8, 4) is 0 Å². The second kappa shape index (κ2) is 6.99. The quantitative estimate of drug-likeness (QED) is 0.642. The summed E-state index contributed by atoms with van der Waals surface area (Å²) in [5.41, 5.74) is 5.39. The van der Waals surface area contributed by atoms with E-state index in [2.05, 4.69) is 0 Å². The van der Waals surface area contributed by atoms with E-state index in [1.807, 2.05) is 55.5 Å². The van der Waals surface area contributed by atoms with Crippen LogP contribution in [-0.4, -0.2) is 29.5 Å². The number of carbonyl (C=O) groups excluding carboxylic acids is 2. The Hall–Kier alpha value is -3.21. The SMILES string of the molecule is CC1Cc2ccccc2N1C(=O)COC(=O)c1c2c(nc3ccccc13)CCC2. The van der Waals surface area contributed by atoms with Gasteiger partial charge in [0.25, 0.3) is 5.91 Å². The predicted octanol–water partition coefficient (Wildman–Crippen LogP) is 3.86. The third-order valence-electron chi connectivity index (χ3n) is 5.93. The van der Waals surface area contributed by atoms with E-state index in [-0.39, 0.29) is 18.6 Å². The summed E-state index contributed by atoms with van der Waals surface area (Å²) in [6.07, 6.45) is 3.50. The van der Waals surface area contributed by atoms with Crippen molar-refractivity contribution in [3.63, 3.8) is 0 Å². The Morgan fingerprint density at radius 3 is 2.79 bits per heavy atom. The molecule has 1 aliphatic carbocycles. The summed E-state index contributed by atoms with van der Waals surface area (Å²) in [5.74, 6) is -0.624. The van der Waals surface area contributed by atoms with E-state index in [1.165, 1.54) is 0 Å². The normalized spacial score (nSPS) is 17.3. The average molecular weight is 386 g/mol. The molecule has 1 amide bonds. The lowest BCUT2D eigenvalue weighted by Gasteiger charge is -2.22. The third kappa shape index (κ3) is 2.97. The summed E-state index contributed by atoms with van der Waals surface area (Å²) in [6.45, 7) is 1.76. The molecule has 2 aromatic carbocycles. The van der Waals surface area contributed by atoms with Crippen molar-refractivity contribution in [3.05, 3.63) is 70.9 Å². The van der Waals surface area contributed by atoms with Gasteiger partial charge >= 0.3 is 5.97 Å². The highest BCUT2D eigenvalue weighted by atomic mass is 16.5. The Labute approximate surface area is 169 Å². The van der Waals surface area contributed by atoms with Gasteiger partial charge in [-0.1, -0.05) is 36.4 Å². The molecular weight excluding hydrogens is 364 g/mol. The first kappa shape index (κ1) is 17.9. The van der Waals surface area contributed by atoms with Crippen LogP contribution in [0.4, 0.5) is 5.69 Å². The minimum Gasteiger partial charge on any atom is -0.452 e. The highest BCUT2D eigenvalue weighted by Gasteiger charge is 2.32. The number of pyridine rings is 1. The number of esters is 1. The van der Waals surface area contributed by atoms with E-state index in [9.17, 15) is 9.59 Å². The van der Waals surface area contributed by atoms with Crippen molar-refractivity contribution in [1.82, 2.24) is 4.98 Å². The lowest BCUT2D eigenvalue weighted by molar-refractivity contribution is -0.122. The number of benzene rings is 2. The number of nitrogens with zero attached hydrogens (tertiary/aromatic N) is 2. The van der Waals surface area contributed by atoms with Gasteiger partial charge in [-0.25, -0.2) is 4.79 Å². The van der Waals surface area contributed by atoms with E-state index < -0.39 is 5.97 Å². The van der Waals surface area contributed by atoms with Crippen molar-refractivity contribution in [1.29, 1.82) is 0 Å². The monoisotopic (exact) mass is 386 g/mol. The van der Waals surface area contributed by atoms with E-state index in [0.717, 1.165) is 59.1 Å². The van der Waals surface area contributed by atoms with E-state index >= 15 is 0 Å². The molecule has 2 aliphatic rings. The van der Waals surface area contributed by atoms with Gasteiger partial charge in [-0.15, -0.1) is 0 Å². The Morgan fingerprint density at radius 1 is 1.10 bits per heavy atom. The molecular formula is C24H22N2O3. The van der Waals surface area contributed by atoms with Crippen LogP contribution in [0, 0.1) is 0 Å². The number of hydrogen-bond donors (Lipinski definition) is 0. The molecule has 29 heavy (non-hydrogen) atoms. The summed E-state index contributed by atoms with van der Waals surface area (Å²) < 4.78 is 5.54. The molecule has 0 saturated carbocycles. The predicted molar refractivity (Wildman–Crippen MR) is 111 cm³/mol. The van der Waals surface area contributed by atoms with Crippen LogP contribution in [0.2, 0.25) is 0 Å². The van der Waals surface area contributed by atoms with Crippen molar-refractivity contribution in [2.24, 2.45) is 0 Å². The zero-order valence-electron chi connectivity index (χ0n) is 16.4. The first-order valence-electron chi connectivity index (χ1n) is 10.1. The molecule has 1 aromatic heterocycles. The number of ether oxygens (including phenoxy) is 1. The van der Waals surface area contributed by atoms with Crippen molar-refractivity contribution < 1.29 is 14.3 Å². The lowest BCUT2D eigenvalue weighted by atomic mass is 10.0. The number of aromatic nitrogens is 1. The molecule has 146 valence electrons. The maximum Gasteiger partial charge on any atom is 0.339 e. The minimum atomic E-state index is -0.435. The smallest absolute Gasteiger partial charge is 0.339 e. The molecule has 0 saturated heterocycles. The van der Waals surface area contributed by atoms with E-state index in [1.54, 1.807) is 4.90 Å². The van der Waals surface area contributed by atoms with Gasteiger partial charge in [0.1, 0.15) is 0 Å². The second-order valence-electron chi connectivity index (χ2n) is 7.80. The van der Waals surface area contributed by atoms with Gasteiger partial charge in [0.05, 0.1) is 11.1 Å². The van der Waals surface area contributed by atoms with Crippen LogP contribution < -0.4 is 4.90 Å². The molecule has 5 heteroatoms. The fourth-order valence-corrected chi connectivity index (χ4v) is 4.66. The van der Waals surface area contributed by atoms with E-state index in [4.69, 9.17) is 9.72 Å². The summed E-state index contributed by atoms with van der Waals surface area (Å²) in [7, 11) is 0. The van der Waals surface area contributed by atoms with Crippen LogP contribution in [0.1, 0.15) is 40.5 Å². The van der Waals surface area contributed by atoms with Gasteiger partial charge in [0.2, 0.25) is 0 Å². The van der Waals surface area contributed by atoms with E-state index in [0.29, 0.717) is 5.56 Å². The topological polar surface area (TPSA) is 59.5 Å². The highest BCUT2D eigenvalue weighted by molar-refractivity contribution is 6.06. The number of carbonyl (C=O) groups is 2. The van der Waals surface area contributed by atoms with Gasteiger partial charge in [0.15, 0.2) is 6.61 Å². The van der Waals surface area contributed by atoms with Crippen molar-refractivity contribution >= 4 is 28.5 Å². The molecule has 0 bridgehead atoms. The maximum atomic E-state index is 13.0. The number of anilines is 1. The molecule has 2 heterocycles. The van der Waals surface area contributed by atoms with Crippen LogP contribution >= 0.6 is 0 Å². The molecule has 0 radical (unpaired) electrons. The number of para-hydroxylation sites is 2. The van der Waals surface area contributed by atoms with Crippen molar-refractivity contribution in [2.45, 2.75) is 38.6 Å². The average Bonchev–Trinajstić information content (AvgIpc) is 3.32. The zero-order valence-corrected chi connectivity index (χ0v) is 16.4. The molecule has 3 aromatic rings. The molecule has 5 nitrogen and oxygen atoms in total. The largest absolute Gasteiger partial charge is 0.452 e. The third-order valence-corrected chi connectivity index (χ3v) is 5.93. The number of fused-ring (bicyclic) bond motifs is 3. The molecule has 0 N–H and O–H groups in total. The first-order valence-corrected chi connectivity index (χ1v) is 10.1. The van der Waals surface area contributed by atoms with Crippen LogP contribution in [-0.2, 0) is 28.8 Å².